The van der Waals surface area contributed by atoms with Gasteiger partial charge in [0.2, 0.25) is 0 Å². The molecule has 0 amide bonds. The monoisotopic (exact) mass is 449 g/mol. The van der Waals surface area contributed by atoms with Crippen molar-refractivity contribution in [2.75, 3.05) is 0 Å². The first kappa shape index (κ1) is 19.7. The van der Waals surface area contributed by atoms with Gasteiger partial charge in [-0.1, -0.05) is 78.9 Å². The number of benzene rings is 4. The summed E-state index contributed by atoms with van der Waals surface area (Å²) in [5.74, 6) is 2.58. The quantitative estimate of drug-likeness (QED) is 0.251. The van der Waals surface area contributed by atoms with Gasteiger partial charge in [0, 0.05) is 27.5 Å². The van der Waals surface area contributed by atoms with E-state index in [-0.39, 0.29) is 0 Å². The molecule has 5 aromatic rings. The smallest absolute Gasteiger partial charge is 0.361 e. The van der Waals surface area contributed by atoms with E-state index < -0.39 is 0 Å². The van der Waals surface area contributed by atoms with Crippen molar-refractivity contribution in [2.24, 2.45) is 0 Å². The minimum atomic E-state index is 0.832. The van der Waals surface area contributed by atoms with Crippen LogP contribution in [0.1, 0.15) is 0 Å². The van der Waals surface area contributed by atoms with E-state index in [0.717, 1.165) is 61.5 Å². The Kier molecular flexibility index (Phi) is 4.49. The van der Waals surface area contributed by atoms with Gasteiger partial charge in [-0.3, -0.25) is 0 Å². The van der Waals surface area contributed by atoms with Crippen LogP contribution in [-0.4, -0.2) is 0 Å². The molecule has 0 spiro atoms. The van der Waals surface area contributed by atoms with Gasteiger partial charge in [-0.15, -0.1) is 0 Å². The Morgan fingerprint density at radius 3 is 1.74 bits per heavy atom. The topological polar surface area (TPSA) is 24.4 Å². The molecule has 35 heavy (non-hydrogen) atoms. The second kappa shape index (κ2) is 7.96. The Morgan fingerprint density at radius 1 is 0.486 bits per heavy atom. The van der Waals surface area contributed by atoms with Crippen molar-refractivity contribution in [3.8, 4) is 45.1 Å². The number of hydrogen-bond donors (Lipinski definition) is 0. The van der Waals surface area contributed by atoms with E-state index in [1.807, 2.05) is 48.5 Å². The molecule has 2 heterocycles. The average Bonchev–Trinajstić information content (AvgIpc) is 3.26. The van der Waals surface area contributed by atoms with Crippen LogP contribution in [0.15, 0.2) is 136 Å². The minimum absolute atomic E-state index is 0.832. The molecule has 2 nitrogen and oxygen atoms in total. The fourth-order valence-corrected chi connectivity index (χ4v) is 4.95. The highest BCUT2D eigenvalue weighted by atomic mass is 16.3. The zero-order valence-electron chi connectivity index (χ0n) is 18.9. The molecule has 2 aliphatic rings. The summed E-state index contributed by atoms with van der Waals surface area (Å²) in [6, 6.07) is 43.8. The molecule has 7 rings (SSSR count). The van der Waals surface area contributed by atoms with Crippen LogP contribution in [0.4, 0.5) is 0 Å². The van der Waals surface area contributed by atoms with Gasteiger partial charge in [0.1, 0.15) is 11.3 Å². The second-order valence-electron chi connectivity index (χ2n) is 8.75. The van der Waals surface area contributed by atoms with Crippen molar-refractivity contribution in [1.82, 2.24) is 0 Å². The van der Waals surface area contributed by atoms with Gasteiger partial charge in [0.25, 0.3) is 0 Å². The predicted octanol–water partition coefficient (Wildman–Crippen LogP) is 9.57. The Morgan fingerprint density at radius 2 is 1.06 bits per heavy atom. The summed E-state index contributed by atoms with van der Waals surface area (Å²) in [6.45, 7) is 0. The van der Waals surface area contributed by atoms with E-state index in [1.54, 1.807) is 0 Å². The fourth-order valence-electron chi connectivity index (χ4n) is 4.95. The maximum atomic E-state index is 6.47. The van der Waals surface area contributed by atoms with Crippen molar-refractivity contribution < 1.29 is 8.83 Å². The van der Waals surface area contributed by atoms with Gasteiger partial charge >= 0.3 is 11.5 Å². The summed E-state index contributed by atoms with van der Waals surface area (Å²) in [7, 11) is 0. The predicted molar refractivity (Wildman–Crippen MR) is 143 cm³/mol. The normalized spacial score (nSPS) is 11.4. The first-order chi connectivity index (χ1) is 17.3. The lowest BCUT2D eigenvalue weighted by molar-refractivity contribution is 0.582. The summed E-state index contributed by atoms with van der Waals surface area (Å²) in [6.07, 6.45) is 0. The Bertz CT molecular complexity index is 1720. The van der Waals surface area contributed by atoms with Gasteiger partial charge < -0.3 is 4.42 Å². The third-order valence-electron chi connectivity index (χ3n) is 6.58. The van der Waals surface area contributed by atoms with Crippen LogP contribution in [0, 0.1) is 0 Å². The molecule has 2 heteroatoms. The average molecular weight is 450 g/mol. The first-order valence-corrected chi connectivity index (χ1v) is 11.8. The summed E-state index contributed by atoms with van der Waals surface area (Å²) < 4.78 is 12.9. The molecular weight excluding hydrogens is 428 g/mol. The van der Waals surface area contributed by atoms with Crippen LogP contribution >= 0.6 is 0 Å². The molecule has 0 bridgehead atoms. The molecule has 0 atom stereocenters. The maximum Gasteiger partial charge on any atom is 0.361 e. The van der Waals surface area contributed by atoms with Crippen LogP contribution in [0.2, 0.25) is 0 Å². The fraction of sp³-hybridized carbons (Fsp3) is 0. The van der Waals surface area contributed by atoms with Crippen LogP contribution in [0.5, 0.6) is 0 Å². The van der Waals surface area contributed by atoms with Gasteiger partial charge in [-0.05, 0) is 41.8 Å². The first-order valence-electron chi connectivity index (χ1n) is 11.8. The molecular formula is C33H21O2+. The number of hydrogen-bond acceptors (Lipinski definition) is 1. The van der Waals surface area contributed by atoms with Crippen LogP contribution in [-0.2, 0) is 0 Å². The molecule has 0 fully saturated rings. The Labute approximate surface area is 203 Å². The van der Waals surface area contributed by atoms with Gasteiger partial charge in [-0.2, -0.15) is 0 Å². The summed E-state index contributed by atoms with van der Waals surface area (Å²) in [5.41, 5.74) is 6.35. The van der Waals surface area contributed by atoms with Crippen molar-refractivity contribution >= 4 is 21.7 Å². The molecule has 1 aliphatic heterocycles. The lowest BCUT2D eigenvalue weighted by Crippen LogP contribution is -1.87. The van der Waals surface area contributed by atoms with E-state index in [1.165, 1.54) is 5.39 Å². The van der Waals surface area contributed by atoms with E-state index >= 15 is 0 Å². The van der Waals surface area contributed by atoms with E-state index in [0.29, 0.717) is 0 Å². The van der Waals surface area contributed by atoms with Gasteiger partial charge in [-0.25, -0.2) is 4.42 Å². The Hall–Kier alpha value is -4.69. The molecule has 0 radical (unpaired) electrons. The molecule has 0 unspecified atom stereocenters. The molecule has 0 N–H and O–H groups in total. The Balaban J connectivity index is 1.57. The van der Waals surface area contributed by atoms with Crippen molar-refractivity contribution in [3.63, 3.8) is 0 Å². The summed E-state index contributed by atoms with van der Waals surface area (Å²) >= 11 is 0. The highest BCUT2D eigenvalue weighted by molar-refractivity contribution is 6.14. The van der Waals surface area contributed by atoms with Gasteiger partial charge in [0.15, 0.2) is 0 Å². The highest BCUT2D eigenvalue weighted by Gasteiger charge is 2.26. The van der Waals surface area contributed by atoms with Crippen molar-refractivity contribution in [2.45, 2.75) is 0 Å². The van der Waals surface area contributed by atoms with Crippen LogP contribution in [0.25, 0.3) is 66.8 Å². The maximum absolute atomic E-state index is 6.47. The van der Waals surface area contributed by atoms with Gasteiger partial charge in [0.05, 0.1) is 23.3 Å². The number of fused-ring (bicyclic) bond motifs is 4. The molecule has 1 aromatic heterocycles. The van der Waals surface area contributed by atoms with Crippen molar-refractivity contribution in [3.05, 3.63) is 127 Å². The number of para-hydroxylation sites is 1. The lowest BCUT2D eigenvalue weighted by Gasteiger charge is -2.07. The zero-order valence-corrected chi connectivity index (χ0v) is 18.9. The third kappa shape index (κ3) is 3.31. The molecule has 0 saturated heterocycles. The molecule has 0 saturated carbocycles. The van der Waals surface area contributed by atoms with Crippen LogP contribution < -0.4 is 0 Å². The third-order valence-corrected chi connectivity index (χ3v) is 6.58. The molecule has 4 aromatic carbocycles. The minimum Gasteiger partial charge on any atom is -0.455 e. The van der Waals surface area contributed by atoms with E-state index in [2.05, 4.69) is 78.9 Å². The summed E-state index contributed by atoms with van der Waals surface area (Å²) in [5, 5.41) is 3.38. The zero-order chi connectivity index (χ0) is 23.2. The largest absolute Gasteiger partial charge is 0.455 e. The van der Waals surface area contributed by atoms with E-state index in [4.69, 9.17) is 8.83 Å². The van der Waals surface area contributed by atoms with Crippen molar-refractivity contribution in [1.29, 1.82) is 0 Å². The standard InChI is InChI=1S/C33H21O2/c1-3-11-22(12-4-1)30-20-25(21-31(34-30)23-13-5-2-6-14-23)32-26-16-8-9-17-27(26)33-28(32)19-24-15-7-10-18-29(24)35-33/h1-21H/q+1. The second-order valence-corrected chi connectivity index (χ2v) is 8.75. The SMILES string of the molecule is c1ccc(-c2cc(-c3c4cc5ccccc5oc-4c4ccccc34)cc(-c3ccccc3)[o+]2)cc1. The number of rotatable bonds is 3. The highest BCUT2D eigenvalue weighted by Crippen LogP contribution is 2.47. The van der Waals surface area contributed by atoms with Crippen LogP contribution in [0.3, 0.4) is 0 Å². The van der Waals surface area contributed by atoms with E-state index in [9.17, 15) is 0 Å². The molecule has 164 valence electrons. The summed E-state index contributed by atoms with van der Waals surface area (Å²) in [4.78, 5) is 0. The lowest BCUT2D eigenvalue weighted by atomic mass is 9.98. The molecule has 1 aliphatic carbocycles.